The highest BCUT2D eigenvalue weighted by Gasteiger charge is 2.15. The fourth-order valence-corrected chi connectivity index (χ4v) is 2.24. The molecule has 0 aliphatic carbocycles. The topological polar surface area (TPSA) is 52.4 Å². The van der Waals surface area contributed by atoms with E-state index >= 15 is 0 Å². The number of nitro benzene ring substituents is 1. The Balaban J connectivity index is 2.18. The fourth-order valence-electron chi connectivity index (χ4n) is 1.73. The summed E-state index contributed by atoms with van der Waals surface area (Å²) in [6.07, 6.45) is 0. The summed E-state index contributed by atoms with van der Waals surface area (Å²) < 4.78 is 19.1. The summed E-state index contributed by atoms with van der Waals surface area (Å²) in [5.41, 5.74) is 0.950. The molecule has 0 fully saturated rings. The number of nitro groups is 1. The molecule has 2 rings (SSSR count). The van der Waals surface area contributed by atoms with Crippen molar-refractivity contribution in [1.82, 2.24) is 0 Å². The second-order valence-electron chi connectivity index (χ2n) is 4.22. The molecule has 0 atom stereocenters. The Morgan fingerprint density at radius 1 is 1.29 bits per heavy atom. The van der Waals surface area contributed by atoms with Crippen LogP contribution in [0.4, 0.5) is 10.1 Å². The molecule has 21 heavy (non-hydrogen) atoms. The van der Waals surface area contributed by atoms with Crippen molar-refractivity contribution in [3.63, 3.8) is 0 Å². The Morgan fingerprint density at radius 2 is 2.05 bits per heavy atom. The van der Waals surface area contributed by atoms with Gasteiger partial charge < -0.3 is 4.74 Å². The number of hydrogen-bond donors (Lipinski definition) is 0. The highest BCUT2D eigenvalue weighted by Crippen LogP contribution is 2.26. The summed E-state index contributed by atoms with van der Waals surface area (Å²) >= 11 is 8.96. The molecule has 0 radical (unpaired) electrons. The molecule has 2 aromatic rings. The summed E-state index contributed by atoms with van der Waals surface area (Å²) in [5, 5.41) is 11.7. The number of ether oxygens (including phenoxy) is 1. The van der Waals surface area contributed by atoms with Crippen LogP contribution in [0.5, 0.6) is 5.75 Å². The van der Waals surface area contributed by atoms with Crippen LogP contribution in [-0.4, -0.2) is 4.92 Å². The third-order valence-electron chi connectivity index (χ3n) is 2.78. The van der Waals surface area contributed by atoms with Gasteiger partial charge in [-0.2, -0.15) is 0 Å². The molecule has 0 aliphatic rings. The Labute approximate surface area is 133 Å². The van der Waals surface area contributed by atoms with Crippen molar-refractivity contribution in [3.8, 4) is 5.75 Å². The van der Waals surface area contributed by atoms with Gasteiger partial charge in [0.15, 0.2) is 11.6 Å². The van der Waals surface area contributed by atoms with E-state index in [1.807, 2.05) is 0 Å². The molecule has 0 heterocycles. The second kappa shape index (κ2) is 6.87. The molecule has 0 saturated carbocycles. The standard InChI is InChI=1S/C14H10BrClFNO3/c15-7-9-1-4-14(12(17)5-9)21-8-10-2-3-11(16)6-13(10)18(19)20/h1-6H,7-8H2. The van der Waals surface area contributed by atoms with Crippen molar-refractivity contribution in [3.05, 3.63) is 68.5 Å². The zero-order valence-corrected chi connectivity index (χ0v) is 13.0. The van der Waals surface area contributed by atoms with Crippen molar-refractivity contribution >= 4 is 33.2 Å². The molecule has 110 valence electrons. The lowest BCUT2D eigenvalue weighted by Crippen LogP contribution is -2.02. The van der Waals surface area contributed by atoms with Crippen LogP contribution in [0.25, 0.3) is 0 Å². The van der Waals surface area contributed by atoms with E-state index in [1.54, 1.807) is 6.07 Å². The SMILES string of the molecule is O=[N+]([O-])c1cc(Cl)ccc1COc1ccc(CBr)cc1F. The lowest BCUT2D eigenvalue weighted by atomic mass is 10.2. The highest BCUT2D eigenvalue weighted by atomic mass is 79.9. The van der Waals surface area contributed by atoms with E-state index < -0.39 is 10.7 Å². The van der Waals surface area contributed by atoms with Crippen molar-refractivity contribution in [2.45, 2.75) is 11.9 Å². The van der Waals surface area contributed by atoms with Crippen LogP contribution in [0, 0.1) is 15.9 Å². The van der Waals surface area contributed by atoms with Crippen molar-refractivity contribution in [2.75, 3.05) is 0 Å². The van der Waals surface area contributed by atoms with Gasteiger partial charge in [0.05, 0.1) is 10.5 Å². The van der Waals surface area contributed by atoms with Gasteiger partial charge in [-0.25, -0.2) is 4.39 Å². The normalized spacial score (nSPS) is 10.4. The lowest BCUT2D eigenvalue weighted by molar-refractivity contribution is -0.385. The Hall–Kier alpha value is -1.66. The minimum Gasteiger partial charge on any atom is -0.486 e. The maximum atomic E-state index is 13.8. The minimum absolute atomic E-state index is 0.0453. The Kier molecular flexibility index (Phi) is 5.14. The van der Waals surface area contributed by atoms with Crippen molar-refractivity contribution < 1.29 is 14.1 Å². The van der Waals surface area contributed by atoms with E-state index in [4.69, 9.17) is 16.3 Å². The van der Waals surface area contributed by atoms with E-state index in [-0.39, 0.29) is 23.1 Å². The molecule has 0 spiro atoms. The van der Waals surface area contributed by atoms with Crippen LogP contribution in [-0.2, 0) is 11.9 Å². The maximum absolute atomic E-state index is 13.8. The quantitative estimate of drug-likeness (QED) is 0.426. The zero-order chi connectivity index (χ0) is 15.4. The molecule has 0 unspecified atom stereocenters. The zero-order valence-electron chi connectivity index (χ0n) is 10.7. The van der Waals surface area contributed by atoms with E-state index in [9.17, 15) is 14.5 Å². The van der Waals surface area contributed by atoms with Gasteiger partial charge in [-0.3, -0.25) is 10.1 Å². The van der Waals surface area contributed by atoms with Gasteiger partial charge in [-0.15, -0.1) is 0 Å². The molecule has 0 bridgehead atoms. The van der Waals surface area contributed by atoms with Crippen molar-refractivity contribution in [1.29, 1.82) is 0 Å². The van der Waals surface area contributed by atoms with Crippen LogP contribution >= 0.6 is 27.5 Å². The number of rotatable bonds is 5. The summed E-state index contributed by atoms with van der Waals surface area (Å²) in [6.45, 7) is -0.113. The predicted molar refractivity (Wildman–Crippen MR) is 81.5 cm³/mol. The number of benzene rings is 2. The lowest BCUT2D eigenvalue weighted by Gasteiger charge is -2.09. The third kappa shape index (κ3) is 3.92. The van der Waals surface area contributed by atoms with Gasteiger partial charge in [-0.1, -0.05) is 33.6 Å². The van der Waals surface area contributed by atoms with Crippen molar-refractivity contribution in [2.24, 2.45) is 0 Å². The molecule has 4 nitrogen and oxygen atoms in total. The van der Waals surface area contributed by atoms with Crippen LogP contribution in [0.3, 0.4) is 0 Å². The first-order valence-electron chi connectivity index (χ1n) is 5.91. The summed E-state index contributed by atoms with van der Waals surface area (Å²) in [5.74, 6) is -0.465. The number of nitrogens with zero attached hydrogens (tertiary/aromatic N) is 1. The number of hydrogen-bond acceptors (Lipinski definition) is 3. The second-order valence-corrected chi connectivity index (χ2v) is 5.21. The number of halogens is 3. The molecule has 7 heteroatoms. The molecule has 0 N–H and O–H groups in total. The fraction of sp³-hybridized carbons (Fsp3) is 0.143. The molecule has 0 aliphatic heterocycles. The van der Waals surface area contributed by atoms with Gasteiger partial charge in [-0.05, 0) is 29.8 Å². The molecular formula is C14H10BrClFNO3. The van der Waals surface area contributed by atoms with Gasteiger partial charge in [0.2, 0.25) is 0 Å². The molecule has 0 amide bonds. The molecule has 2 aromatic carbocycles. The minimum atomic E-state index is -0.547. The van der Waals surface area contributed by atoms with Gasteiger partial charge in [0, 0.05) is 16.4 Å². The predicted octanol–water partition coefficient (Wildman–Crippen LogP) is 4.86. The maximum Gasteiger partial charge on any atom is 0.277 e. The average molecular weight is 375 g/mol. The average Bonchev–Trinajstić information content (AvgIpc) is 2.46. The molecule has 0 aromatic heterocycles. The monoisotopic (exact) mass is 373 g/mol. The van der Waals surface area contributed by atoms with E-state index in [2.05, 4.69) is 15.9 Å². The van der Waals surface area contributed by atoms with E-state index in [0.29, 0.717) is 10.9 Å². The van der Waals surface area contributed by atoms with E-state index in [0.717, 1.165) is 5.56 Å². The molecule has 0 saturated heterocycles. The highest BCUT2D eigenvalue weighted by molar-refractivity contribution is 9.08. The largest absolute Gasteiger partial charge is 0.486 e. The Morgan fingerprint density at radius 3 is 2.67 bits per heavy atom. The first-order chi connectivity index (χ1) is 10.0. The van der Waals surface area contributed by atoms with Gasteiger partial charge >= 0.3 is 0 Å². The van der Waals surface area contributed by atoms with Crippen LogP contribution < -0.4 is 4.74 Å². The summed E-state index contributed by atoms with van der Waals surface area (Å²) in [7, 11) is 0. The van der Waals surface area contributed by atoms with E-state index in [1.165, 1.54) is 30.3 Å². The van der Waals surface area contributed by atoms with Gasteiger partial charge in [0.25, 0.3) is 5.69 Å². The smallest absolute Gasteiger partial charge is 0.277 e. The molecular weight excluding hydrogens is 365 g/mol. The first-order valence-corrected chi connectivity index (χ1v) is 7.41. The van der Waals surface area contributed by atoms with Gasteiger partial charge in [0.1, 0.15) is 6.61 Å². The van der Waals surface area contributed by atoms with Crippen LogP contribution in [0.2, 0.25) is 5.02 Å². The first kappa shape index (κ1) is 15.7. The van der Waals surface area contributed by atoms with Crippen LogP contribution in [0.1, 0.15) is 11.1 Å². The summed E-state index contributed by atoms with van der Waals surface area (Å²) in [6, 6.07) is 8.81. The Bertz CT molecular complexity index is 681. The number of alkyl halides is 1. The van der Waals surface area contributed by atoms with Crippen LogP contribution in [0.15, 0.2) is 36.4 Å². The third-order valence-corrected chi connectivity index (χ3v) is 3.66. The summed E-state index contributed by atoms with van der Waals surface area (Å²) in [4.78, 5) is 10.4.